The third kappa shape index (κ3) is 4.64. The van der Waals surface area contributed by atoms with E-state index in [0.29, 0.717) is 19.8 Å². The maximum atomic E-state index is 13.2. The molecule has 6 heteroatoms. The molecule has 1 fully saturated rings. The molecule has 0 N–H and O–H groups in total. The van der Waals surface area contributed by atoms with Crippen LogP contribution in [0, 0.1) is 13.8 Å². The topological polar surface area (TPSA) is 56.6 Å². The number of benzene rings is 2. The molecule has 4 rings (SSSR count). The van der Waals surface area contributed by atoms with E-state index in [4.69, 9.17) is 9.47 Å². The Morgan fingerprint density at radius 1 is 1.13 bits per heavy atom. The highest BCUT2D eigenvalue weighted by Crippen LogP contribution is 2.29. The largest absolute Gasteiger partial charge is 0.483 e. The zero-order valence-corrected chi connectivity index (χ0v) is 18.4. The molecule has 0 saturated carbocycles. The average molecular weight is 420 g/mol. The fourth-order valence-corrected chi connectivity index (χ4v) is 4.24. The van der Waals surface area contributed by atoms with Crippen LogP contribution >= 0.6 is 0 Å². The smallest absolute Gasteiger partial charge is 0.261 e. The van der Waals surface area contributed by atoms with Crippen LogP contribution in [-0.4, -0.2) is 47.0 Å². The number of hydrogen-bond acceptors (Lipinski definition) is 4. The lowest BCUT2D eigenvalue weighted by molar-refractivity contribution is -0.142. The fraction of sp³-hybridized carbons (Fsp3) is 0.360. The van der Waals surface area contributed by atoms with E-state index in [-0.39, 0.29) is 18.6 Å². The van der Waals surface area contributed by atoms with Crippen molar-refractivity contribution in [2.24, 2.45) is 7.05 Å². The van der Waals surface area contributed by atoms with Crippen molar-refractivity contribution in [1.29, 1.82) is 0 Å². The molecule has 2 heterocycles. The van der Waals surface area contributed by atoms with Gasteiger partial charge in [0, 0.05) is 31.3 Å². The average Bonchev–Trinajstić information content (AvgIpc) is 3.04. The van der Waals surface area contributed by atoms with Gasteiger partial charge in [0.15, 0.2) is 6.61 Å². The summed E-state index contributed by atoms with van der Waals surface area (Å²) in [5.41, 5.74) is 5.34. The minimum atomic E-state index is -0.141. The third-order valence-electron chi connectivity index (χ3n) is 5.91. The highest BCUT2D eigenvalue weighted by molar-refractivity contribution is 5.78. The minimum Gasteiger partial charge on any atom is -0.483 e. The van der Waals surface area contributed by atoms with Gasteiger partial charge in [-0.3, -0.25) is 9.48 Å². The van der Waals surface area contributed by atoms with Gasteiger partial charge in [0.05, 0.1) is 24.9 Å². The Morgan fingerprint density at radius 3 is 2.61 bits per heavy atom. The van der Waals surface area contributed by atoms with Crippen LogP contribution < -0.4 is 4.74 Å². The molecule has 0 radical (unpaired) electrons. The van der Waals surface area contributed by atoms with Crippen LogP contribution in [0.3, 0.4) is 0 Å². The van der Waals surface area contributed by atoms with E-state index in [1.165, 1.54) is 5.56 Å². The van der Waals surface area contributed by atoms with Gasteiger partial charge in [-0.05, 0) is 31.0 Å². The number of ether oxygens (including phenoxy) is 2. The van der Waals surface area contributed by atoms with E-state index in [1.54, 1.807) is 0 Å². The van der Waals surface area contributed by atoms with Crippen LogP contribution in [0.25, 0.3) is 0 Å². The van der Waals surface area contributed by atoms with E-state index >= 15 is 0 Å². The van der Waals surface area contributed by atoms with Crippen LogP contribution in [0.5, 0.6) is 5.75 Å². The third-order valence-corrected chi connectivity index (χ3v) is 5.91. The Labute approximate surface area is 183 Å². The number of carbonyl (C=O) groups is 1. The molecular weight excluding hydrogens is 390 g/mol. The van der Waals surface area contributed by atoms with Crippen molar-refractivity contribution in [2.75, 3.05) is 26.4 Å². The van der Waals surface area contributed by atoms with E-state index < -0.39 is 0 Å². The number of amides is 1. The lowest BCUT2D eigenvalue weighted by Crippen LogP contribution is -2.45. The maximum Gasteiger partial charge on any atom is 0.261 e. The molecule has 3 aromatic rings. The first kappa shape index (κ1) is 21.1. The number of nitrogens with zero attached hydrogens (tertiary/aromatic N) is 3. The molecule has 2 aromatic carbocycles. The zero-order valence-electron chi connectivity index (χ0n) is 18.4. The summed E-state index contributed by atoms with van der Waals surface area (Å²) in [7, 11) is 1.93. The molecule has 0 unspecified atom stereocenters. The first-order valence-electron chi connectivity index (χ1n) is 10.7. The van der Waals surface area contributed by atoms with E-state index in [1.807, 2.05) is 72.9 Å². The monoisotopic (exact) mass is 419 g/mol. The number of para-hydroxylation sites is 1. The van der Waals surface area contributed by atoms with Gasteiger partial charge in [-0.1, -0.05) is 48.5 Å². The van der Waals surface area contributed by atoms with E-state index in [9.17, 15) is 4.79 Å². The predicted molar refractivity (Wildman–Crippen MR) is 119 cm³/mol. The Balaban J connectivity index is 1.48. The summed E-state index contributed by atoms with van der Waals surface area (Å²) < 4.78 is 13.6. The second-order valence-corrected chi connectivity index (χ2v) is 7.94. The van der Waals surface area contributed by atoms with Crippen molar-refractivity contribution in [3.8, 4) is 5.75 Å². The highest BCUT2D eigenvalue weighted by atomic mass is 16.5. The molecule has 1 amide bonds. The minimum absolute atomic E-state index is 0.000655. The molecule has 1 saturated heterocycles. The summed E-state index contributed by atoms with van der Waals surface area (Å²) in [5, 5.41) is 4.52. The van der Waals surface area contributed by atoms with Gasteiger partial charge in [0.2, 0.25) is 0 Å². The van der Waals surface area contributed by atoms with Gasteiger partial charge >= 0.3 is 0 Å². The molecule has 162 valence electrons. The molecule has 1 aromatic heterocycles. The van der Waals surface area contributed by atoms with Crippen molar-refractivity contribution in [1.82, 2.24) is 14.7 Å². The van der Waals surface area contributed by atoms with E-state index in [2.05, 4.69) is 17.2 Å². The Morgan fingerprint density at radius 2 is 1.87 bits per heavy atom. The lowest BCUT2D eigenvalue weighted by atomic mass is 10.0. The zero-order chi connectivity index (χ0) is 21.8. The van der Waals surface area contributed by atoms with Crippen molar-refractivity contribution >= 4 is 5.91 Å². The van der Waals surface area contributed by atoms with Crippen LogP contribution in [0.1, 0.15) is 34.1 Å². The number of rotatable bonds is 6. The van der Waals surface area contributed by atoms with Gasteiger partial charge in [0.25, 0.3) is 5.91 Å². The van der Waals surface area contributed by atoms with Crippen LogP contribution in [0.4, 0.5) is 0 Å². The highest BCUT2D eigenvalue weighted by Gasteiger charge is 2.32. The molecule has 1 atom stereocenters. The molecular formula is C25H29N3O3. The first-order chi connectivity index (χ1) is 15.0. The molecule has 1 aliphatic rings. The molecule has 31 heavy (non-hydrogen) atoms. The van der Waals surface area contributed by atoms with Crippen LogP contribution in [0.15, 0.2) is 54.6 Å². The number of hydrogen-bond donors (Lipinski definition) is 0. The van der Waals surface area contributed by atoms with Gasteiger partial charge in [-0.25, -0.2) is 0 Å². The number of carbonyl (C=O) groups excluding carboxylic acids is 1. The predicted octanol–water partition coefficient (Wildman–Crippen LogP) is 3.61. The number of aryl methyl sites for hydroxylation is 2. The van der Waals surface area contributed by atoms with Crippen molar-refractivity contribution in [3.05, 3.63) is 82.7 Å². The molecule has 6 nitrogen and oxygen atoms in total. The van der Waals surface area contributed by atoms with Crippen molar-refractivity contribution in [2.45, 2.75) is 26.3 Å². The molecule has 0 bridgehead atoms. The molecule has 1 aliphatic heterocycles. The Bertz CT molecular complexity index is 1050. The van der Waals surface area contributed by atoms with Gasteiger partial charge < -0.3 is 14.4 Å². The summed E-state index contributed by atoms with van der Waals surface area (Å²) in [6.07, 6.45) is 0.763. The summed E-state index contributed by atoms with van der Waals surface area (Å²) in [4.78, 5) is 15.0. The summed E-state index contributed by atoms with van der Waals surface area (Å²) in [6.45, 7) is 5.57. The normalized spacial score (nSPS) is 16.4. The second kappa shape index (κ2) is 9.35. The van der Waals surface area contributed by atoms with Crippen molar-refractivity contribution < 1.29 is 14.3 Å². The van der Waals surface area contributed by atoms with Crippen LogP contribution in [-0.2, 0) is 23.0 Å². The fourth-order valence-electron chi connectivity index (χ4n) is 4.24. The van der Waals surface area contributed by atoms with Crippen molar-refractivity contribution in [3.63, 3.8) is 0 Å². The summed E-state index contributed by atoms with van der Waals surface area (Å²) in [5.74, 6) is 0.712. The van der Waals surface area contributed by atoms with E-state index in [0.717, 1.165) is 34.7 Å². The summed E-state index contributed by atoms with van der Waals surface area (Å²) >= 11 is 0. The molecule has 0 aliphatic carbocycles. The van der Waals surface area contributed by atoms with Gasteiger partial charge in [-0.2, -0.15) is 5.10 Å². The Hall–Kier alpha value is -3.12. The quantitative estimate of drug-likeness (QED) is 0.613. The Kier molecular flexibility index (Phi) is 6.37. The second-order valence-electron chi connectivity index (χ2n) is 7.94. The van der Waals surface area contributed by atoms with Gasteiger partial charge in [-0.15, -0.1) is 0 Å². The number of morpholine rings is 1. The van der Waals surface area contributed by atoms with Gasteiger partial charge in [0.1, 0.15) is 5.75 Å². The SMILES string of the molecule is Cc1nn(C)c(C)c1[C@@H]1COCCN1C(=O)COc1ccccc1Cc1ccccc1. The van der Waals surface area contributed by atoms with Crippen LogP contribution in [0.2, 0.25) is 0 Å². The maximum absolute atomic E-state index is 13.2. The number of aromatic nitrogens is 2. The molecule has 0 spiro atoms. The summed E-state index contributed by atoms with van der Waals surface area (Å²) in [6, 6.07) is 18.0. The standard InChI is InChI=1S/C25H29N3O3/c1-18-25(19(2)27(3)26-18)22-16-30-14-13-28(22)24(29)17-31-23-12-8-7-11-21(23)15-20-9-5-4-6-10-20/h4-12,22H,13-17H2,1-3H3/t22-/m0/s1. The lowest BCUT2D eigenvalue weighted by Gasteiger charge is -2.36. The first-order valence-corrected chi connectivity index (χ1v) is 10.7.